The molecule has 2 N–H and O–H groups in total. The van der Waals surface area contributed by atoms with Crippen LogP contribution in [0.3, 0.4) is 0 Å². The number of halogens is 2. The molecular weight excluding hydrogens is 523 g/mol. The standard InChI is InChI=1S/C21H18ClIN2O3S/c1-13-3-10-18(20(23)11-13)21(26)24-15-6-8-17(9-7-15)29(27,28)25-16-5-4-14(2)19(22)12-16/h3-12,25H,1-2H3,(H,24,26). The monoisotopic (exact) mass is 540 g/mol. The summed E-state index contributed by atoms with van der Waals surface area (Å²) in [6.45, 7) is 3.80. The molecule has 0 spiro atoms. The molecule has 3 rings (SSSR count). The van der Waals surface area contributed by atoms with Crippen molar-refractivity contribution in [3.05, 3.63) is 85.9 Å². The summed E-state index contributed by atoms with van der Waals surface area (Å²) in [4.78, 5) is 12.6. The van der Waals surface area contributed by atoms with Crippen LogP contribution in [-0.2, 0) is 10.0 Å². The van der Waals surface area contributed by atoms with Gasteiger partial charge in [0.15, 0.2) is 0 Å². The Bertz CT molecular complexity index is 1180. The second-order valence-electron chi connectivity index (χ2n) is 6.53. The Labute approximate surface area is 188 Å². The van der Waals surface area contributed by atoms with Gasteiger partial charge in [0.25, 0.3) is 15.9 Å². The van der Waals surface area contributed by atoms with Crippen LogP contribution in [0, 0.1) is 17.4 Å². The molecule has 0 aliphatic carbocycles. The lowest BCUT2D eigenvalue weighted by molar-refractivity contribution is 0.102. The van der Waals surface area contributed by atoms with E-state index >= 15 is 0 Å². The number of aryl methyl sites for hydroxylation is 2. The van der Waals surface area contributed by atoms with Gasteiger partial charge in [-0.1, -0.05) is 29.3 Å². The third-order valence-corrected chi connectivity index (χ3v) is 6.91. The van der Waals surface area contributed by atoms with Gasteiger partial charge in [0, 0.05) is 14.3 Å². The van der Waals surface area contributed by atoms with Crippen molar-refractivity contribution in [2.75, 3.05) is 10.0 Å². The summed E-state index contributed by atoms with van der Waals surface area (Å²) in [5.41, 5.74) is 3.38. The normalized spacial score (nSPS) is 11.2. The van der Waals surface area contributed by atoms with Gasteiger partial charge in [-0.05, 0) is 90.5 Å². The first-order valence-electron chi connectivity index (χ1n) is 8.62. The van der Waals surface area contributed by atoms with E-state index in [0.29, 0.717) is 22.0 Å². The maximum absolute atomic E-state index is 12.6. The fourth-order valence-electron chi connectivity index (χ4n) is 2.59. The van der Waals surface area contributed by atoms with Crippen LogP contribution in [0.15, 0.2) is 65.6 Å². The van der Waals surface area contributed by atoms with Crippen LogP contribution in [0.1, 0.15) is 21.5 Å². The predicted octanol–water partition coefficient (Wildman–Crippen LogP) is 5.61. The molecule has 0 fully saturated rings. The Morgan fingerprint density at radius 1 is 0.931 bits per heavy atom. The lowest BCUT2D eigenvalue weighted by Gasteiger charge is -2.11. The number of hydrogen-bond donors (Lipinski definition) is 2. The number of benzene rings is 3. The molecular formula is C21H18ClIN2O3S. The number of carbonyl (C=O) groups is 1. The van der Waals surface area contributed by atoms with Crippen molar-refractivity contribution in [3.8, 4) is 0 Å². The van der Waals surface area contributed by atoms with Gasteiger partial charge >= 0.3 is 0 Å². The van der Waals surface area contributed by atoms with Crippen molar-refractivity contribution in [2.24, 2.45) is 0 Å². The number of hydrogen-bond acceptors (Lipinski definition) is 3. The molecule has 0 saturated carbocycles. The summed E-state index contributed by atoms with van der Waals surface area (Å²) in [5.74, 6) is -0.252. The highest BCUT2D eigenvalue weighted by molar-refractivity contribution is 14.1. The number of rotatable bonds is 5. The van der Waals surface area contributed by atoms with Gasteiger partial charge in [0.05, 0.1) is 16.1 Å². The first-order chi connectivity index (χ1) is 13.7. The molecule has 3 aromatic rings. The quantitative estimate of drug-likeness (QED) is 0.413. The van der Waals surface area contributed by atoms with Gasteiger partial charge in [-0.15, -0.1) is 0 Å². The molecule has 29 heavy (non-hydrogen) atoms. The molecule has 0 radical (unpaired) electrons. The molecule has 0 aliphatic heterocycles. The Hall–Kier alpha value is -2.10. The van der Waals surface area contributed by atoms with Crippen molar-refractivity contribution in [3.63, 3.8) is 0 Å². The van der Waals surface area contributed by atoms with Gasteiger partial charge in [-0.2, -0.15) is 0 Å². The van der Waals surface area contributed by atoms with Crippen LogP contribution < -0.4 is 10.0 Å². The maximum atomic E-state index is 12.6. The minimum atomic E-state index is -3.77. The predicted molar refractivity (Wildman–Crippen MR) is 125 cm³/mol. The minimum absolute atomic E-state index is 0.0807. The third kappa shape index (κ3) is 5.29. The summed E-state index contributed by atoms with van der Waals surface area (Å²) in [5, 5.41) is 3.26. The molecule has 5 nitrogen and oxygen atoms in total. The molecule has 8 heteroatoms. The minimum Gasteiger partial charge on any atom is -0.322 e. The van der Waals surface area contributed by atoms with Gasteiger partial charge in [-0.25, -0.2) is 8.42 Å². The van der Waals surface area contributed by atoms with Crippen LogP contribution in [-0.4, -0.2) is 14.3 Å². The zero-order chi connectivity index (χ0) is 21.2. The first kappa shape index (κ1) is 21.6. The average molecular weight is 541 g/mol. The number of carbonyl (C=O) groups excluding carboxylic acids is 1. The second-order valence-corrected chi connectivity index (χ2v) is 9.78. The molecule has 0 heterocycles. The Morgan fingerprint density at radius 2 is 1.59 bits per heavy atom. The summed E-state index contributed by atoms with van der Waals surface area (Å²) >= 11 is 8.17. The number of amides is 1. The van der Waals surface area contributed by atoms with Crippen molar-refractivity contribution in [1.82, 2.24) is 0 Å². The van der Waals surface area contributed by atoms with Crippen molar-refractivity contribution < 1.29 is 13.2 Å². The van der Waals surface area contributed by atoms with E-state index < -0.39 is 10.0 Å². The molecule has 0 saturated heterocycles. The fraction of sp³-hybridized carbons (Fsp3) is 0.0952. The van der Waals surface area contributed by atoms with E-state index in [2.05, 4.69) is 32.6 Å². The van der Waals surface area contributed by atoms with Gasteiger partial charge < -0.3 is 5.32 Å². The molecule has 0 unspecified atom stereocenters. The van der Waals surface area contributed by atoms with E-state index in [1.165, 1.54) is 12.1 Å². The summed E-state index contributed by atoms with van der Waals surface area (Å²) in [6, 6.07) is 16.5. The number of nitrogens with one attached hydrogen (secondary N) is 2. The Balaban J connectivity index is 1.75. The van der Waals surface area contributed by atoms with Crippen molar-refractivity contribution in [1.29, 1.82) is 0 Å². The molecule has 0 atom stereocenters. The largest absolute Gasteiger partial charge is 0.322 e. The lowest BCUT2D eigenvalue weighted by Crippen LogP contribution is -2.15. The second kappa shape index (κ2) is 8.73. The SMILES string of the molecule is Cc1ccc(C(=O)Nc2ccc(S(=O)(=O)Nc3ccc(C)c(Cl)c3)cc2)c(I)c1. The van der Waals surface area contributed by atoms with E-state index in [1.807, 2.05) is 26.0 Å². The molecule has 0 bridgehead atoms. The van der Waals surface area contributed by atoms with Crippen LogP contribution in [0.4, 0.5) is 11.4 Å². The number of sulfonamides is 1. The van der Waals surface area contributed by atoms with E-state index in [0.717, 1.165) is 14.7 Å². The fourth-order valence-corrected chi connectivity index (χ4v) is 4.74. The zero-order valence-corrected chi connectivity index (χ0v) is 19.4. The van der Waals surface area contributed by atoms with Crippen LogP contribution in [0.2, 0.25) is 5.02 Å². The highest BCUT2D eigenvalue weighted by Crippen LogP contribution is 2.23. The van der Waals surface area contributed by atoms with E-state index in [-0.39, 0.29) is 10.8 Å². The van der Waals surface area contributed by atoms with Crippen LogP contribution >= 0.6 is 34.2 Å². The Morgan fingerprint density at radius 3 is 2.21 bits per heavy atom. The first-order valence-corrected chi connectivity index (χ1v) is 11.6. The molecule has 0 aromatic heterocycles. The smallest absolute Gasteiger partial charge is 0.261 e. The maximum Gasteiger partial charge on any atom is 0.261 e. The summed E-state index contributed by atoms with van der Waals surface area (Å²) < 4.78 is 28.5. The van der Waals surface area contributed by atoms with Gasteiger partial charge in [0.1, 0.15) is 0 Å². The molecule has 0 aliphatic rings. The average Bonchev–Trinajstić information content (AvgIpc) is 2.65. The van der Waals surface area contributed by atoms with Crippen molar-refractivity contribution >= 4 is 61.5 Å². The van der Waals surface area contributed by atoms with Crippen LogP contribution in [0.5, 0.6) is 0 Å². The third-order valence-electron chi connectivity index (χ3n) is 4.22. The summed E-state index contributed by atoms with van der Waals surface area (Å²) in [7, 11) is -3.77. The molecule has 1 amide bonds. The number of anilines is 2. The van der Waals surface area contributed by atoms with Crippen molar-refractivity contribution in [2.45, 2.75) is 18.7 Å². The molecule has 3 aromatic carbocycles. The highest BCUT2D eigenvalue weighted by atomic mass is 127. The zero-order valence-electron chi connectivity index (χ0n) is 15.7. The topological polar surface area (TPSA) is 75.3 Å². The summed E-state index contributed by atoms with van der Waals surface area (Å²) in [6.07, 6.45) is 0. The van der Waals surface area contributed by atoms with Gasteiger partial charge in [-0.3, -0.25) is 9.52 Å². The van der Waals surface area contributed by atoms with E-state index in [1.54, 1.807) is 36.4 Å². The van der Waals surface area contributed by atoms with Crippen LogP contribution in [0.25, 0.3) is 0 Å². The van der Waals surface area contributed by atoms with E-state index in [9.17, 15) is 13.2 Å². The lowest BCUT2D eigenvalue weighted by atomic mass is 10.1. The Kier molecular flexibility index (Phi) is 6.50. The highest BCUT2D eigenvalue weighted by Gasteiger charge is 2.16. The van der Waals surface area contributed by atoms with Gasteiger partial charge in [0.2, 0.25) is 0 Å². The van der Waals surface area contributed by atoms with E-state index in [4.69, 9.17) is 11.6 Å². The molecule has 150 valence electrons.